The normalized spacial score (nSPS) is 16.1. The summed E-state index contributed by atoms with van der Waals surface area (Å²) in [5, 5.41) is 0. The van der Waals surface area contributed by atoms with Crippen LogP contribution in [0.5, 0.6) is 0 Å². The van der Waals surface area contributed by atoms with Crippen LogP contribution in [0.3, 0.4) is 0 Å². The third kappa shape index (κ3) is 1.90. The predicted molar refractivity (Wildman–Crippen MR) is 54.2 cm³/mol. The Bertz CT molecular complexity index is 258. The number of benzene rings is 1. The predicted octanol–water partition coefficient (Wildman–Crippen LogP) is 1.35. The molecule has 0 fully saturated rings. The number of rotatable bonds is 3. The highest BCUT2D eigenvalue weighted by molar-refractivity contribution is 5.30. The molecule has 1 aromatic rings. The van der Waals surface area contributed by atoms with E-state index >= 15 is 0 Å². The Morgan fingerprint density at radius 2 is 1.77 bits per heavy atom. The average molecular weight is 176 g/mol. The quantitative estimate of drug-likeness (QED) is 0.753. The summed E-state index contributed by atoms with van der Waals surface area (Å²) in [5.41, 5.74) is 8.46. The van der Waals surface area contributed by atoms with Crippen molar-refractivity contribution in [2.24, 2.45) is 5.73 Å². The fourth-order valence-corrected chi connectivity index (χ4v) is 1.88. The van der Waals surface area contributed by atoms with Crippen molar-refractivity contribution in [2.45, 2.75) is 19.5 Å². The number of hydrogen-bond acceptors (Lipinski definition) is 2. The lowest BCUT2D eigenvalue weighted by Gasteiger charge is -2.13. The molecule has 0 aromatic heterocycles. The van der Waals surface area contributed by atoms with E-state index in [0.29, 0.717) is 0 Å². The van der Waals surface area contributed by atoms with Gasteiger partial charge in [0.25, 0.3) is 0 Å². The van der Waals surface area contributed by atoms with Crippen molar-refractivity contribution in [3.63, 3.8) is 0 Å². The van der Waals surface area contributed by atoms with Gasteiger partial charge in [0.1, 0.15) is 0 Å². The van der Waals surface area contributed by atoms with Gasteiger partial charge in [0.15, 0.2) is 0 Å². The topological polar surface area (TPSA) is 29.3 Å². The first-order chi connectivity index (χ1) is 6.40. The Morgan fingerprint density at radius 3 is 2.31 bits per heavy atom. The Labute approximate surface area is 79.4 Å². The third-order valence-electron chi connectivity index (χ3n) is 2.58. The highest BCUT2D eigenvalue weighted by Crippen LogP contribution is 2.21. The molecule has 0 bridgehead atoms. The first-order valence-corrected chi connectivity index (χ1v) is 4.89. The van der Waals surface area contributed by atoms with E-state index in [1.807, 2.05) is 0 Å². The lowest BCUT2D eigenvalue weighted by Crippen LogP contribution is -2.20. The van der Waals surface area contributed by atoms with E-state index in [1.165, 1.54) is 11.1 Å². The highest BCUT2D eigenvalue weighted by Gasteiger charge is 2.16. The summed E-state index contributed by atoms with van der Waals surface area (Å²) in [6, 6.07) is 8.67. The first-order valence-electron chi connectivity index (χ1n) is 4.89. The van der Waals surface area contributed by atoms with Gasteiger partial charge in [-0.05, 0) is 24.1 Å². The van der Waals surface area contributed by atoms with Gasteiger partial charge in [-0.25, -0.2) is 0 Å². The van der Waals surface area contributed by atoms with Gasteiger partial charge in [0, 0.05) is 19.6 Å². The maximum absolute atomic E-state index is 5.49. The van der Waals surface area contributed by atoms with Crippen LogP contribution in [0.1, 0.15) is 17.5 Å². The molecule has 13 heavy (non-hydrogen) atoms. The van der Waals surface area contributed by atoms with Gasteiger partial charge in [-0.15, -0.1) is 0 Å². The van der Waals surface area contributed by atoms with Crippen LogP contribution in [0.2, 0.25) is 0 Å². The van der Waals surface area contributed by atoms with Crippen LogP contribution in [-0.4, -0.2) is 18.0 Å². The standard InChI is InChI=1S/C11H16N2/c12-6-3-7-13-8-10-4-1-2-5-11(10)9-13/h1-2,4-5H,3,6-9,12H2. The maximum Gasteiger partial charge on any atom is 0.0240 e. The minimum atomic E-state index is 0.798. The molecule has 2 rings (SSSR count). The monoisotopic (exact) mass is 176 g/mol. The van der Waals surface area contributed by atoms with Gasteiger partial charge in [-0.2, -0.15) is 0 Å². The van der Waals surface area contributed by atoms with Crippen molar-refractivity contribution in [3.05, 3.63) is 35.4 Å². The van der Waals surface area contributed by atoms with E-state index in [4.69, 9.17) is 5.73 Å². The van der Waals surface area contributed by atoms with Crippen LogP contribution in [0.4, 0.5) is 0 Å². The van der Waals surface area contributed by atoms with Crippen LogP contribution in [-0.2, 0) is 13.1 Å². The van der Waals surface area contributed by atoms with E-state index in [0.717, 1.165) is 32.6 Å². The van der Waals surface area contributed by atoms with Crippen LogP contribution >= 0.6 is 0 Å². The van der Waals surface area contributed by atoms with Crippen molar-refractivity contribution in [2.75, 3.05) is 13.1 Å². The molecule has 0 atom stereocenters. The molecule has 0 amide bonds. The van der Waals surface area contributed by atoms with E-state index in [9.17, 15) is 0 Å². The molecule has 0 spiro atoms. The molecule has 0 saturated heterocycles. The molecule has 70 valence electrons. The van der Waals surface area contributed by atoms with Crippen molar-refractivity contribution in [1.29, 1.82) is 0 Å². The average Bonchev–Trinajstić information content (AvgIpc) is 2.57. The fourth-order valence-electron chi connectivity index (χ4n) is 1.88. The molecule has 0 saturated carbocycles. The Balaban J connectivity index is 1.97. The zero-order valence-electron chi connectivity index (χ0n) is 7.87. The van der Waals surface area contributed by atoms with E-state index < -0.39 is 0 Å². The zero-order chi connectivity index (χ0) is 9.10. The molecule has 1 aliphatic rings. The molecule has 0 radical (unpaired) electrons. The Morgan fingerprint density at radius 1 is 1.15 bits per heavy atom. The van der Waals surface area contributed by atoms with Crippen LogP contribution < -0.4 is 5.73 Å². The van der Waals surface area contributed by atoms with Gasteiger partial charge in [0.05, 0.1) is 0 Å². The SMILES string of the molecule is NCCCN1Cc2ccccc2C1. The highest BCUT2D eigenvalue weighted by atomic mass is 15.1. The summed E-state index contributed by atoms with van der Waals surface area (Å²) in [6.45, 7) is 4.14. The molecular weight excluding hydrogens is 160 g/mol. The van der Waals surface area contributed by atoms with Gasteiger partial charge >= 0.3 is 0 Å². The van der Waals surface area contributed by atoms with Crippen molar-refractivity contribution in [3.8, 4) is 0 Å². The lowest BCUT2D eigenvalue weighted by molar-refractivity contribution is 0.282. The smallest absolute Gasteiger partial charge is 0.0240 e. The minimum Gasteiger partial charge on any atom is -0.330 e. The molecule has 0 aliphatic carbocycles. The molecule has 1 aliphatic heterocycles. The molecule has 2 N–H and O–H groups in total. The summed E-state index contributed by atoms with van der Waals surface area (Å²) in [5.74, 6) is 0. The molecule has 2 heteroatoms. The first kappa shape index (κ1) is 8.73. The molecule has 1 heterocycles. The zero-order valence-corrected chi connectivity index (χ0v) is 7.87. The Hall–Kier alpha value is -0.860. The number of nitrogens with two attached hydrogens (primary N) is 1. The summed E-state index contributed by atoms with van der Waals surface area (Å²) >= 11 is 0. The maximum atomic E-state index is 5.49. The number of hydrogen-bond donors (Lipinski definition) is 1. The largest absolute Gasteiger partial charge is 0.330 e. The molecular formula is C11H16N2. The summed E-state index contributed by atoms with van der Waals surface area (Å²) in [7, 11) is 0. The third-order valence-corrected chi connectivity index (χ3v) is 2.58. The van der Waals surface area contributed by atoms with E-state index in [-0.39, 0.29) is 0 Å². The van der Waals surface area contributed by atoms with Crippen molar-refractivity contribution >= 4 is 0 Å². The summed E-state index contributed by atoms with van der Waals surface area (Å²) in [4.78, 5) is 2.46. The van der Waals surface area contributed by atoms with Gasteiger partial charge in [-0.1, -0.05) is 24.3 Å². The summed E-state index contributed by atoms with van der Waals surface area (Å²) < 4.78 is 0. The second-order valence-corrected chi connectivity index (χ2v) is 3.62. The van der Waals surface area contributed by atoms with Crippen LogP contribution in [0, 0.1) is 0 Å². The minimum absolute atomic E-state index is 0.798. The second kappa shape index (κ2) is 3.90. The van der Waals surface area contributed by atoms with Crippen molar-refractivity contribution < 1.29 is 0 Å². The number of fused-ring (bicyclic) bond motifs is 1. The van der Waals surface area contributed by atoms with Gasteiger partial charge < -0.3 is 5.73 Å². The Kier molecular flexibility index (Phi) is 2.62. The fraction of sp³-hybridized carbons (Fsp3) is 0.455. The van der Waals surface area contributed by atoms with Gasteiger partial charge in [0.2, 0.25) is 0 Å². The van der Waals surface area contributed by atoms with E-state index in [1.54, 1.807) is 0 Å². The van der Waals surface area contributed by atoms with Gasteiger partial charge in [-0.3, -0.25) is 4.90 Å². The number of nitrogens with zero attached hydrogens (tertiary/aromatic N) is 1. The van der Waals surface area contributed by atoms with Crippen LogP contribution in [0.25, 0.3) is 0 Å². The second-order valence-electron chi connectivity index (χ2n) is 3.62. The lowest BCUT2D eigenvalue weighted by atomic mass is 10.1. The summed E-state index contributed by atoms with van der Waals surface area (Å²) in [6.07, 6.45) is 1.11. The molecule has 2 nitrogen and oxygen atoms in total. The van der Waals surface area contributed by atoms with Crippen molar-refractivity contribution in [1.82, 2.24) is 4.90 Å². The molecule has 1 aromatic carbocycles. The van der Waals surface area contributed by atoms with Crippen LogP contribution in [0.15, 0.2) is 24.3 Å². The van der Waals surface area contributed by atoms with E-state index in [2.05, 4.69) is 29.2 Å². The molecule has 0 unspecified atom stereocenters.